The average molecular weight is 286 g/mol. The van der Waals surface area contributed by atoms with Crippen LogP contribution in [0.25, 0.3) is 0 Å². The van der Waals surface area contributed by atoms with Gasteiger partial charge in [-0.1, -0.05) is 0 Å². The van der Waals surface area contributed by atoms with Gasteiger partial charge in [0.05, 0.1) is 12.0 Å². The summed E-state index contributed by atoms with van der Waals surface area (Å²) < 4.78 is 5.24. The fourth-order valence-corrected chi connectivity index (χ4v) is 2.54. The molecule has 0 spiro atoms. The Morgan fingerprint density at radius 3 is 2.45 bits per heavy atom. The molecule has 1 aliphatic rings. The number of hydrogen-bond acceptors (Lipinski definition) is 4. The van der Waals surface area contributed by atoms with E-state index < -0.39 is 23.2 Å². The van der Waals surface area contributed by atoms with E-state index in [0.29, 0.717) is 6.54 Å². The summed E-state index contributed by atoms with van der Waals surface area (Å²) in [6.07, 6.45) is 1.20. The van der Waals surface area contributed by atoms with Crippen molar-refractivity contribution in [3.8, 4) is 0 Å². The maximum Gasteiger partial charge on any atom is 0.408 e. The molecule has 116 valence electrons. The molecule has 3 N–H and O–H groups in total. The first-order chi connectivity index (χ1) is 9.12. The Morgan fingerprint density at radius 1 is 1.35 bits per heavy atom. The van der Waals surface area contributed by atoms with Crippen LogP contribution in [0.4, 0.5) is 4.79 Å². The van der Waals surface area contributed by atoms with E-state index in [1.54, 1.807) is 27.7 Å². The second kappa shape index (κ2) is 6.43. The number of carboxylic acids is 1. The Hall–Kier alpha value is -1.30. The van der Waals surface area contributed by atoms with Gasteiger partial charge in [-0.2, -0.15) is 0 Å². The maximum absolute atomic E-state index is 12.0. The fraction of sp³-hybridized carbons (Fsp3) is 0.857. The number of hydrogen-bond donors (Lipinski definition) is 3. The van der Waals surface area contributed by atoms with Gasteiger partial charge >= 0.3 is 12.1 Å². The van der Waals surface area contributed by atoms with Crippen LogP contribution < -0.4 is 10.6 Å². The average Bonchev–Trinajstić information content (AvgIpc) is 2.26. The summed E-state index contributed by atoms with van der Waals surface area (Å²) in [5, 5.41) is 15.1. The van der Waals surface area contributed by atoms with E-state index in [2.05, 4.69) is 10.6 Å². The molecule has 1 amide bonds. The molecule has 0 saturated carbocycles. The van der Waals surface area contributed by atoms with Gasteiger partial charge in [0.2, 0.25) is 0 Å². The zero-order chi connectivity index (χ0) is 15.4. The summed E-state index contributed by atoms with van der Waals surface area (Å²) in [6, 6.07) is 0. The number of alkyl carbamates (subject to hydrolysis) is 1. The highest BCUT2D eigenvalue weighted by Crippen LogP contribution is 2.27. The van der Waals surface area contributed by atoms with Gasteiger partial charge in [0, 0.05) is 6.54 Å². The number of carboxylic acid groups (broad SMARTS) is 1. The summed E-state index contributed by atoms with van der Waals surface area (Å²) >= 11 is 0. The molecule has 2 unspecified atom stereocenters. The standard InChI is InChI=1S/C14H26N2O4/c1-13(2,3)20-12(19)16-14(4,8-11(17)18)10-6-5-7-15-9-10/h10,15H,5-9H2,1-4H3,(H,16,19)(H,17,18). The predicted molar refractivity (Wildman–Crippen MR) is 75.6 cm³/mol. The maximum atomic E-state index is 12.0. The largest absolute Gasteiger partial charge is 0.481 e. The molecular weight excluding hydrogens is 260 g/mol. The van der Waals surface area contributed by atoms with Gasteiger partial charge in [0.25, 0.3) is 0 Å². The molecule has 20 heavy (non-hydrogen) atoms. The van der Waals surface area contributed by atoms with E-state index in [4.69, 9.17) is 9.84 Å². The lowest BCUT2D eigenvalue weighted by Gasteiger charge is -2.40. The minimum absolute atomic E-state index is 0.0832. The Balaban J connectivity index is 2.76. The van der Waals surface area contributed by atoms with Gasteiger partial charge in [0.15, 0.2) is 0 Å². The number of nitrogens with one attached hydrogen (secondary N) is 2. The predicted octanol–water partition coefficient (Wildman–Crippen LogP) is 1.74. The fourth-order valence-electron chi connectivity index (χ4n) is 2.54. The lowest BCUT2D eigenvalue weighted by molar-refractivity contribution is -0.139. The number of carbonyl (C=O) groups is 2. The van der Waals surface area contributed by atoms with Gasteiger partial charge < -0.3 is 20.5 Å². The summed E-state index contributed by atoms with van der Waals surface area (Å²) in [5.41, 5.74) is -1.40. The van der Waals surface area contributed by atoms with E-state index in [1.165, 1.54) is 0 Å². The zero-order valence-corrected chi connectivity index (χ0v) is 12.8. The van der Waals surface area contributed by atoms with Crippen LogP contribution in [-0.4, -0.2) is 41.4 Å². The third-order valence-corrected chi connectivity index (χ3v) is 3.50. The molecular formula is C14H26N2O4. The molecule has 1 aliphatic heterocycles. The first kappa shape index (κ1) is 16.8. The molecule has 0 aromatic carbocycles. The van der Waals surface area contributed by atoms with Crippen LogP contribution in [0.5, 0.6) is 0 Å². The molecule has 1 rings (SSSR count). The number of carbonyl (C=O) groups excluding carboxylic acids is 1. The SMILES string of the molecule is CC(C)(C)OC(=O)NC(C)(CC(=O)O)C1CCCNC1. The van der Waals surface area contributed by atoms with Crippen molar-refractivity contribution in [3.05, 3.63) is 0 Å². The van der Waals surface area contributed by atoms with E-state index in [1.807, 2.05) is 0 Å². The molecule has 0 aliphatic carbocycles. The van der Waals surface area contributed by atoms with Gasteiger partial charge in [-0.05, 0) is 53.0 Å². The summed E-state index contributed by atoms with van der Waals surface area (Å²) in [5.74, 6) is -0.839. The third kappa shape index (κ3) is 5.36. The molecule has 0 aromatic heterocycles. The van der Waals surface area contributed by atoms with Crippen LogP contribution in [0.15, 0.2) is 0 Å². The summed E-state index contributed by atoms with van der Waals surface area (Å²) in [6.45, 7) is 8.77. The Bertz CT molecular complexity index is 359. The Morgan fingerprint density at radius 2 is 2.00 bits per heavy atom. The highest BCUT2D eigenvalue weighted by atomic mass is 16.6. The van der Waals surface area contributed by atoms with Crippen molar-refractivity contribution in [2.24, 2.45) is 5.92 Å². The van der Waals surface area contributed by atoms with Gasteiger partial charge in [-0.25, -0.2) is 4.79 Å². The lowest BCUT2D eigenvalue weighted by atomic mass is 9.78. The first-order valence-corrected chi connectivity index (χ1v) is 7.06. The number of aliphatic carboxylic acids is 1. The number of piperidine rings is 1. The van der Waals surface area contributed by atoms with Gasteiger partial charge in [-0.3, -0.25) is 4.79 Å². The minimum Gasteiger partial charge on any atom is -0.481 e. The molecule has 1 fully saturated rings. The van der Waals surface area contributed by atoms with Crippen molar-refractivity contribution in [1.82, 2.24) is 10.6 Å². The van der Waals surface area contributed by atoms with E-state index >= 15 is 0 Å². The molecule has 1 heterocycles. The zero-order valence-electron chi connectivity index (χ0n) is 12.8. The molecule has 2 atom stereocenters. The highest BCUT2D eigenvalue weighted by Gasteiger charge is 2.39. The topological polar surface area (TPSA) is 87.7 Å². The van der Waals surface area contributed by atoms with Crippen molar-refractivity contribution >= 4 is 12.1 Å². The molecule has 6 heteroatoms. The van der Waals surface area contributed by atoms with E-state index in [0.717, 1.165) is 19.4 Å². The minimum atomic E-state index is -0.922. The van der Waals surface area contributed by atoms with Gasteiger partial charge in [-0.15, -0.1) is 0 Å². The third-order valence-electron chi connectivity index (χ3n) is 3.50. The van der Waals surface area contributed by atoms with Gasteiger partial charge in [0.1, 0.15) is 5.60 Å². The number of ether oxygens (including phenoxy) is 1. The van der Waals surface area contributed by atoms with E-state index in [-0.39, 0.29) is 12.3 Å². The second-order valence-corrected chi connectivity index (χ2v) is 6.66. The number of rotatable bonds is 4. The van der Waals surface area contributed by atoms with Crippen molar-refractivity contribution in [2.45, 2.75) is 58.1 Å². The normalized spacial score (nSPS) is 22.7. The van der Waals surface area contributed by atoms with Crippen LogP contribution in [0.3, 0.4) is 0 Å². The quantitative estimate of drug-likeness (QED) is 0.732. The molecule has 1 saturated heterocycles. The summed E-state index contributed by atoms with van der Waals surface area (Å²) in [4.78, 5) is 23.1. The van der Waals surface area contributed by atoms with Crippen LogP contribution >= 0.6 is 0 Å². The van der Waals surface area contributed by atoms with Crippen molar-refractivity contribution < 1.29 is 19.4 Å². The van der Waals surface area contributed by atoms with Crippen molar-refractivity contribution in [3.63, 3.8) is 0 Å². The van der Waals surface area contributed by atoms with Crippen molar-refractivity contribution in [1.29, 1.82) is 0 Å². The highest BCUT2D eigenvalue weighted by molar-refractivity contribution is 5.73. The Kier molecular flexibility index (Phi) is 5.39. The summed E-state index contributed by atoms with van der Waals surface area (Å²) in [7, 11) is 0. The van der Waals surface area contributed by atoms with Crippen LogP contribution in [0.1, 0.15) is 47.0 Å². The Labute approximate surface area is 120 Å². The van der Waals surface area contributed by atoms with Crippen LogP contribution in [0.2, 0.25) is 0 Å². The molecule has 6 nitrogen and oxygen atoms in total. The van der Waals surface area contributed by atoms with E-state index in [9.17, 15) is 9.59 Å². The smallest absolute Gasteiger partial charge is 0.408 e. The first-order valence-electron chi connectivity index (χ1n) is 7.06. The van der Waals surface area contributed by atoms with Crippen LogP contribution in [-0.2, 0) is 9.53 Å². The monoisotopic (exact) mass is 286 g/mol. The number of amides is 1. The van der Waals surface area contributed by atoms with Crippen LogP contribution in [0, 0.1) is 5.92 Å². The molecule has 0 bridgehead atoms. The second-order valence-electron chi connectivity index (χ2n) is 6.66. The van der Waals surface area contributed by atoms with Crippen molar-refractivity contribution in [2.75, 3.05) is 13.1 Å². The lowest BCUT2D eigenvalue weighted by Crippen LogP contribution is -2.57. The molecule has 0 aromatic rings. The molecule has 0 radical (unpaired) electrons.